The van der Waals surface area contributed by atoms with Gasteiger partial charge in [0.25, 0.3) is 0 Å². The first-order valence-electron chi connectivity index (χ1n) is 12.2. The van der Waals surface area contributed by atoms with Crippen molar-refractivity contribution in [3.05, 3.63) is 32.2 Å². The third-order valence-electron chi connectivity index (χ3n) is 8.45. The molecule has 196 valence electrons. The van der Waals surface area contributed by atoms with E-state index in [-0.39, 0.29) is 82.2 Å². The van der Waals surface area contributed by atoms with E-state index in [0.29, 0.717) is 0 Å². The molecule has 3 fully saturated rings. The number of aromatic amines is 1. The Hall–Kier alpha value is -2.99. The van der Waals surface area contributed by atoms with Gasteiger partial charge in [0.15, 0.2) is 11.5 Å². The van der Waals surface area contributed by atoms with E-state index in [9.17, 15) is 24.3 Å². The first kappa shape index (κ1) is 24.4. The number of aromatic nitrogens is 1. The summed E-state index contributed by atoms with van der Waals surface area (Å²) in [4.78, 5) is 55.2. The number of imide groups is 1. The summed E-state index contributed by atoms with van der Waals surface area (Å²) in [5.74, 6) is -2.14. The van der Waals surface area contributed by atoms with Gasteiger partial charge in [-0.1, -0.05) is 11.3 Å². The summed E-state index contributed by atoms with van der Waals surface area (Å²) in [6, 6.07) is 3.51. The van der Waals surface area contributed by atoms with E-state index in [1.807, 2.05) is 0 Å². The number of benzene rings is 1. The van der Waals surface area contributed by atoms with Crippen molar-refractivity contribution in [3.8, 4) is 17.2 Å². The van der Waals surface area contributed by atoms with Crippen LogP contribution in [0.4, 0.5) is 0 Å². The lowest BCUT2D eigenvalue weighted by Gasteiger charge is -2.43. The van der Waals surface area contributed by atoms with E-state index in [1.54, 1.807) is 23.9 Å². The van der Waals surface area contributed by atoms with Gasteiger partial charge in [0.05, 0.1) is 31.1 Å². The molecule has 1 saturated heterocycles. The molecule has 1 aromatic heterocycles. The van der Waals surface area contributed by atoms with Crippen molar-refractivity contribution >= 4 is 40.9 Å². The fraction of sp³-hybridized carbons (Fsp3) is 0.520. The number of nitrogens with one attached hydrogen (secondary N) is 1. The maximum Gasteiger partial charge on any atom is 0.305 e. The molecule has 2 bridgehead atoms. The van der Waals surface area contributed by atoms with Crippen LogP contribution in [0.5, 0.6) is 17.2 Å². The fourth-order valence-electron chi connectivity index (χ4n) is 7.15. The number of thioether (sulfide) groups is 1. The largest absolute Gasteiger partial charge is 0.502 e. The second-order valence-electron chi connectivity index (χ2n) is 10.1. The van der Waals surface area contributed by atoms with Crippen LogP contribution >= 0.6 is 23.1 Å². The third-order valence-corrected chi connectivity index (χ3v) is 11.0. The number of phenols is 1. The minimum Gasteiger partial charge on any atom is -0.502 e. The molecular formula is C25H26N2O8S2. The van der Waals surface area contributed by atoms with Crippen molar-refractivity contribution in [1.29, 1.82) is 0 Å². The van der Waals surface area contributed by atoms with E-state index in [1.165, 1.54) is 19.1 Å². The molecule has 37 heavy (non-hydrogen) atoms. The zero-order valence-electron chi connectivity index (χ0n) is 20.1. The van der Waals surface area contributed by atoms with Gasteiger partial charge < -0.3 is 24.7 Å². The first-order chi connectivity index (χ1) is 17.7. The van der Waals surface area contributed by atoms with Crippen LogP contribution in [0, 0.1) is 29.6 Å². The number of carbonyl (C=O) groups excluding carboxylic acids is 2. The number of ether oxygens (including phenoxy) is 2. The van der Waals surface area contributed by atoms with Gasteiger partial charge in [-0.2, -0.15) is 0 Å². The highest BCUT2D eigenvalue weighted by molar-refractivity contribution is 8.00. The number of methoxy groups -OCH3 is 2. The predicted octanol–water partition coefficient (Wildman–Crippen LogP) is 2.50. The maximum atomic E-state index is 13.5. The van der Waals surface area contributed by atoms with E-state index in [2.05, 4.69) is 4.98 Å². The zero-order valence-corrected chi connectivity index (χ0v) is 21.8. The third kappa shape index (κ3) is 3.52. The minimum atomic E-state index is -0.954. The lowest BCUT2D eigenvalue weighted by atomic mass is 9.68. The number of aromatic hydroxyl groups is 1. The molecule has 3 N–H and O–H groups in total. The number of hydrogen-bond donors (Lipinski definition) is 3. The molecule has 0 radical (unpaired) electrons. The van der Waals surface area contributed by atoms with Gasteiger partial charge in [0, 0.05) is 29.0 Å². The number of H-pyrrole nitrogens is 1. The van der Waals surface area contributed by atoms with Gasteiger partial charge in [0.1, 0.15) is 0 Å². The van der Waals surface area contributed by atoms with Crippen LogP contribution in [0.3, 0.4) is 0 Å². The highest BCUT2D eigenvalue weighted by Crippen LogP contribution is 2.68. The number of carbonyl (C=O) groups is 3. The molecule has 2 amide bonds. The second kappa shape index (κ2) is 8.80. The molecular weight excluding hydrogens is 520 g/mol. The Morgan fingerprint density at radius 2 is 1.76 bits per heavy atom. The van der Waals surface area contributed by atoms with Crippen LogP contribution < -0.4 is 14.3 Å². The Balaban J connectivity index is 1.41. The Kier molecular flexibility index (Phi) is 5.79. The quantitative estimate of drug-likeness (QED) is 0.446. The van der Waals surface area contributed by atoms with Gasteiger partial charge in [-0.05, 0) is 48.3 Å². The van der Waals surface area contributed by atoms with Crippen LogP contribution in [-0.4, -0.2) is 63.9 Å². The average Bonchev–Trinajstić information content (AvgIpc) is 3.59. The van der Waals surface area contributed by atoms with E-state index < -0.39 is 17.8 Å². The predicted molar refractivity (Wildman–Crippen MR) is 133 cm³/mol. The number of amides is 2. The van der Waals surface area contributed by atoms with Crippen molar-refractivity contribution in [2.75, 3.05) is 20.8 Å². The van der Waals surface area contributed by atoms with Gasteiger partial charge in [-0.15, -0.1) is 11.8 Å². The molecule has 2 aromatic rings. The average molecular weight is 547 g/mol. The molecule has 4 aliphatic rings. The van der Waals surface area contributed by atoms with Crippen molar-refractivity contribution in [2.45, 2.75) is 35.5 Å². The van der Waals surface area contributed by atoms with Crippen molar-refractivity contribution in [1.82, 2.24) is 9.88 Å². The Morgan fingerprint density at radius 3 is 2.38 bits per heavy atom. The number of hydrogen-bond acceptors (Lipinski definition) is 9. The topological polar surface area (TPSA) is 146 Å². The Morgan fingerprint density at radius 1 is 1.11 bits per heavy atom. The molecule has 7 atom stereocenters. The van der Waals surface area contributed by atoms with Crippen molar-refractivity contribution in [3.63, 3.8) is 0 Å². The molecule has 1 aromatic carbocycles. The summed E-state index contributed by atoms with van der Waals surface area (Å²) in [6.07, 6.45) is 0.887. The van der Waals surface area contributed by atoms with Crippen LogP contribution in [0.2, 0.25) is 0 Å². The number of nitrogens with zero attached hydrogens (tertiary/aromatic N) is 1. The fourth-order valence-corrected chi connectivity index (χ4v) is 10.0. The summed E-state index contributed by atoms with van der Waals surface area (Å²) in [5.41, 5.74) is 0.817. The number of carboxylic acid groups (broad SMARTS) is 1. The molecule has 10 nitrogen and oxygen atoms in total. The van der Waals surface area contributed by atoms with Gasteiger partial charge >= 0.3 is 10.8 Å². The molecule has 12 heteroatoms. The highest BCUT2D eigenvalue weighted by atomic mass is 32.2. The molecule has 6 rings (SSSR count). The lowest BCUT2D eigenvalue weighted by Crippen LogP contribution is -2.42. The number of aliphatic carboxylic acids is 1. The minimum absolute atomic E-state index is 0.00938. The lowest BCUT2D eigenvalue weighted by molar-refractivity contribution is -0.142. The SMILES string of the molecule is COc1cc([C@H]2c3sc(=O)[nH]c3S[C@@H]3[C@H]4C[C@@H]([C@@H]5C(=O)N(CCCC(=O)O)C(=O)[C@H]45)[C@H]23)cc(OC)c1O. The number of thiazole rings is 1. The highest BCUT2D eigenvalue weighted by Gasteiger charge is 2.69. The van der Waals surface area contributed by atoms with Crippen LogP contribution in [0.1, 0.15) is 35.6 Å². The number of fused-ring (bicyclic) bond motifs is 9. The normalized spacial score (nSPS) is 31.3. The summed E-state index contributed by atoms with van der Waals surface area (Å²) in [5, 5.41) is 20.3. The molecule has 2 saturated carbocycles. The van der Waals surface area contributed by atoms with Gasteiger partial charge in [-0.25, -0.2) is 0 Å². The zero-order chi connectivity index (χ0) is 26.2. The molecule has 0 unspecified atom stereocenters. The summed E-state index contributed by atoms with van der Waals surface area (Å²) in [6.45, 7) is 0.120. The summed E-state index contributed by atoms with van der Waals surface area (Å²) >= 11 is 2.74. The number of rotatable bonds is 7. The molecule has 2 aliphatic carbocycles. The number of likely N-dealkylation sites (tertiary alicyclic amines) is 1. The standard InChI is InChI=1S/C25H26N2O8S2/c1-34-12-6-9(7-13(35-2)19(12)30)15-16-10-8-11(20(16)36-22-21(15)37-25(33)26-22)18-17(10)23(31)27(24(18)32)5-3-4-14(28)29/h6-7,10-11,15-18,20,30H,3-5,8H2,1-2H3,(H,26,33)(H,28,29)/t10-,11+,15-,16-,17+,18-,20-/m1/s1. The van der Waals surface area contributed by atoms with Crippen LogP contribution in [0.25, 0.3) is 0 Å². The van der Waals surface area contributed by atoms with E-state index in [0.717, 1.165) is 33.2 Å². The summed E-state index contributed by atoms with van der Waals surface area (Å²) < 4.78 is 10.8. The smallest absolute Gasteiger partial charge is 0.305 e. The van der Waals surface area contributed by atoms with Crippen LogP contribution in [-0.2, 0) is 14.4 Å². The summed E-state index contributed by atoms with van der Waals surface area (Å²) in [7, 11) is 2.92. The molecule has 0 spiro atoms. The van der Waals surface area contributed by atoms with Crippen molar-refractivity contribution < 1.29 is 34.1 Å². The Bertz CT molecular complexity index is 1340. The van der Waals surface area contributed by atoms with E-state index in [4.69, 9.17) is 14.6 Å². The number of phenolic OH excluding ortho intramolecular Hbond substituents is 1. The monoisotopic (exact) mass is 546 g/mol. The molecule has 3 heterocycles. The Labute approximate surface area is 220 Å². The maximum absolute atomic E-state index is 13.5. The van der Waals surface area contributed by atoms with E-state index >= 15 is 0 Å². The van der Waals surface area contributed by atoms with Gasteiger partial charge in [0.2, 0.25) is 17.6 Å². The number of carboxylic acids is 1. The van der Waals surface area contributed by atoms with Gasteiger partial charge in [-0.3, -0.25) is 24.1 Å². The molecule has 2 aliphatic heterocycles. The second-order valence-corrected chi connectivity index (χ2v) is 12.3. The van der Waals surface area contributed by atoms with Crippen LogP contribution in [0.15, 0.2) is 22.0 Å². The first-order valence-corrected chi connectivity index (χ1v) is 13.9. The van der Waals surface area contributed by atoms with Crippen molar-refractivity contribution in [2.24, 2.45) is 29.6 Å².